The lowest BCUT2D eigenvalue weighted by Crippen LogP contribution is -2.01. The van der Waals surface area contributed by atoms with Crippen molar-refractivity contribution in [2.75, 3.05) is 5.73 Å². The molecule has 96 valence electrons. The molecule has 2 heterocycles. The first-order valence-electron chi connectivity index (χ1n) is 5.77. The van der Waals surface area contributed by atoms with Gasteiger partial charge >= 0.3 is 5.97 Å². The molecule has 0 saturated carbocycles. The molecule has 0 bridgehead atoms. The van der Waals surface area contributed by atoms with Crippen LogP contribution in [-0.2, 0) is 0 Å². The zero-order valence-electron chi connectivity index (χ0n) is 10.9. The van der Waals surface area contributed by atoms with Gasteiger partial charge in [-0.1, -0.05) is 13.8 Å². The van der Waals surface area contributed by atoms with E-state index in [2.05, 4.69) is 18.8 Å². The molecule has 0 aliphatic carbocycles. The van der Waals surface area contributed by atoms with Crippen molar-refractivity contribution in [3.63, 3.8) is 0 Å². The van der Waals surface area contributed by atoms with E-state index in [0.29, 0.717) is 16.4 Å². The normalized spacial score (nSPS) is 11.4. The van der Waals surface area contributed by atoms with Crippen molar-refractivity contribution < 1.29 is 9.90 Å². The van der Waals surface area contributed by atoms with Crippen LogP contribution in [0.1, 0.15) is 46.3 Å². The number of aromatic carboxylic acids is 1. The van der Waals surface area contributed by atoms with Crippen molar-refractivity contribution in [1.29, 1.82) is 0 Å². The van der Waals surface area contributed by atoms with E-state index in [4.69, 9.17) is 10.8 Å². The van der Waals surface area contributed by atoms with Crippen molar-refractivity contribution in [1.82, 2.24) is 4.98 Å². The van der Waals surface area contributed by atoms with E-state index in [-0.39, 0.29) is 4.88 Å². The molecule has 18 heavy (non-hydrogen) atoms. The fourth-order valence-electron chi connectivity index (χ4n) is 2.50. The summed E-state index contributed by atoms with van der Waals surface area (Å²) in [6.45, 7) is 8.15. The Bertz CT molecular complexity index is 644. The predicted molar refractivity (Wildman–Crippen MR) is 74.6 cm³/mol. The van der Waals surface area contributed by atoms with E-state index in [1.807, 2.05) is 13.8 Å². The molecule has 2 rings (SSSR count). The number of aromatic nitrogens is 1. The molecule has 0 spiro atoms. The number of anilines is 1. The number of nitrogen functional groups attached to an aromatic ring is 1. The lowest BCUT2D eigenvalue weighted by atomic mass is 9.94. The Hall–Kier alpha value is -1.62. The summed E-state index contributed by atoms with van der Waals surface area (Å²) in [6, 6.07) is 0. The highest BCUT2D eigenvalue weighted by Crippen LogP contribution is 2.38. The monoisotopic (exact) mass is 264 g/mol. The number of carbonyl (C=O) groups is 1. The van der Waals surface area contributed by atoms with Gasteiger partial charge in [0.2, 0.25) is 0 Å². The lowest BCUT2D eigenvalue weighted by molar-refractivity contribution is 0.0703. The van der Waals surface area contributed by atoms with Gasteiger partial charge in [0.15, 0.2) is 0 Å². The minimum Gasteiger partial charge on any atom is -0.477 e. The summed E-state index contributed by atoms with van der Waals surface area (Å²) < 4.78 is 0. The van der Waals surface area contributed by atoms with Crippen LogP contribution in [0.5, 0.6) is 0 Å². The van der Waals surface area contributed by atoms with E-state index in [9.17, 15) is 4.79 Å². The van der Waals surface area contributed by atoms with Crippen molar-refractivity contribution in [2.45, 2.75) is 33.6 Å². The summed E-state index contributed by atoms with van der Waals surface area (Å²) in [6.07, 6.45) is 0. The van der Waals surface area contributed by atoms with Crippen LogP contribution in [0.4, 0.5) is 5.69 Å². The SMILES string of the molecule is Cc1nc2sc(C(=O)O)c(N)c2c(C)c1C(C)C. The van der Waals surface area contributed by atoms with Gasteiger partial charge in [0.1, 0.15) is 9.71 Å². The minimum absolute atomic E-state index is 0.181. The zero-order valence-corrected chi connectivity index (χ0v) is 11.7. The van der Waals surface area contributed by atoms with Crippen LogP contribution in [0.15, 0.2) is 0 Å². The molecule has 0 unspecified atom stereocenters. The average molecular weight is 264 g/mol. The molecule has 0 aliphatic rings. The number of pyridine rings is 1. The highest BCUT2D eigenvalue weighted by molar-refractivity contribution is 7.21. The Morgan fingerprint density at radius 1 is 1.39 bits per heavy atom. The van der Waals surface area contributed by atoms with Crippen molar-refractivity contribution in [3.8, 4) is 0 Å². The van der Waals surface area contributed by atoms with Crippen LogP contribution < -0.4 is 5.73 Å². The molecule has 2 aromatic heterocycles. The molecule has 0 fully saturated rings. The Balaban J connectivity index is 2.89. The number of hydrogen-bond donors (Lipinski definition) is 2. The van der Waals surface area contributed by atoms with Gasteiger partial charge in [-0.2, -0.15) is 0 Å². The van der Waals surface area contributed by atoms with Gasteiger partial charge in [0.25, 0.3) is 0 Å². The maximum Gasteiger partial charge on any atom is 0.348 e. The summed E-state index contributed by atoms with van der Waals surface area (Å²) >= 11 is 1.15. The number of nitrogens with two attached hydrogens (primary N) is 1. The van der Waals surface area contributed by atoms with Gasteiger partial charge in [0.05, 0.1) is 5.69 Å². The molecule has 2 aromatic rings. The molecule has 5 heteroatoms. The number of nitrogens with zero attached hydrogens (tertiary/aromatic N) is 1. The number of carboxylic acids is 1. The number of hydrogen-bond acceptors (Lipinski definition) is 4. The molecular formula is C13H16N2O2S. The van der Waals surface area contributed by atoms with E-state index < -0.39 is 5.97 Å². The van der Waals surface area contributed by atoms with Crippen molar-refractivity contribution in [2.24, 2.45) is 0 Å². The smallest absolute Gasteiger partial charge is 0.348 e. The summed E-state index contributed by atoms with van der Waals surface area (Å²) in [5, 5.41) is 9.91. The van der Waals surface area contributed by atoms with Crippen LogP contribution in [0, 0.1) is 13.8 Å². The highest BCUT2D eigenvalue weighted by Gasteiger charge is 2.21. The third-order valence-electron chi connectivity index (χ3n) is 3.14. The number of aryl methyl sites for hydroxylation is 2. The number of rotatable bonds is 2. The third-order valence-corrected chi connectivity index (χ3v) is 4.22. The quantitative estimate of drug-likeness (QED) is 0.872. The number of carboxylic acid groups (broad SMARTS) is 1. The maximum atomic E-state index is 11.1. The van der Waals surface area contributed by atoms with Crippen LogP contribution in [0.3, 0.4) is 0 Å². The summed E-state index contributed by atoms with van der Waals surface area (Å²) in [4.78, 5) is 16.5. The third kappa shape index (κ3) is 1.75. The zero-order chi connectivity index (χ0) is 13.6. The first-order valence-corrected chi connectivity index (χ1v) is 6.58. The van der Waals surface area contributed by atoms with Gasteiger partial charge in [-0.15, -0.1) is 11.3 Å². The average Bonchev–Trinajstić information content (AvgIpc) is 2.55. The number of thiophene rings is 1. The Kier molecular flexibility index (Phi) is 3.02. The van der Waals surface area contributed by atoms with E-state index in [0.717, 1.165) is 33.5 Å². The largest absolute Gasteiger partial charge is 0.477 e. The second kappa shape index (κ2) is 4.24. The first kappa shape index (κ1) is 12.8. The van der Waals surface area contributed by atoms with Gasteiger partial charge in [-0.05, 0) is 30.9 Å². The van der Waals surface area contributed by atoms with Crippen molar-refractivity contribution >= 4 is 33.2 Å². The van der Waals surface area contributed by atoms with E-state index >= 15 is 0 Å². The lowest BCUT2D eigenvalue weighted by Gasteiger charge is -2.13. The molecule has 0 aromatic carbocycles. The molecule has 0 radical (unpaired) electrons. The van der Waals surface area contributed by atoms with Gasteiger partial charge < -0.3 is 10.8 Å². The topological polar surface area (TPSA) is 76.2 Å². The molecule has 4 nitrogen and oxygen atoms in total. The van der Waals surface area contributed by atoms with Crippen LogP contribution >= 0.6 is 11.3 Å². The predicted octanol–water partition coefficient (Wildman–Crippen LogP) is 3.32. The summed E-state index contributed by atoms with van der Waals surface area (Å²) in [5.41, 5.74) is 9.45. The van der Waals surface area contributed by atoms with Gasteiger partial charge in [0, 0.05) is 11.1 Å². The van der Waals surface area contributed by atoms with Crippen LogP contribution in [-0.4, -0.2) is 16.1 Å². The Morgan fingerprint density at radius 3 is 2.50 bits per heavy atom. The van der Waals surface area contributed by atoms with Gasteiger partial charge in [-0.25, -0.2) is 9.78 Å². The standard InChI is InChI=1S/C13H16N2O2S/c1-5(2)8-6(3)9-10(14)11(13(16)17)18-12(9)15-7(8)4/h5H,14H2,1-4H3,(H,16,17). The Labute approximate surface area is 109 Å². The van der Waals surface area contributed by atoms with Crippen LogP contribution in [0.2, 0.25) is 0 Å². The molecule has 0 saturated heterocycles. The fourth-order valence-corrected chi connectivity index (χ4v) is 3.54. The van der Waals surface area contributed by atoms with Gasteiger partial charge in [-0.3, -0.25) is 0 Å². The maximum absolute atomic E-state index is 11.1. The highest BCUT2D eigenvalue weighted by atomic mass is 32.1. The van der Waals surface area contributed by atoms with Crippen molar-refractivity contribution in [3.05, 3.63) is 21.7 Å². The molecule has 0 aliphatic heterocycles. The van der Waals surface area contributed by atoms with E-state index in [1.54, 1.807) is 0 Å². The second-order valence-electron chi connectivity index (χ2n) is 4.72. The molecular weight excluding hydrogens is 248 g/mol. The van der Waals surface area contributed by atoms with E-state index in [1.165, 1.54) is 0 Å². The van der Waals surface area contributed by atoms with Crippen LogP contribution in [0.25, 0.3) is 10.2 Å². The molecule has 3 N–H and O–H groups in total. The minimum atomic E-state index is -0.987. The summed E-state index contributed by atoms with van der Waals surface area (Å²) in [7, 11) is 0. The fraction of sp³-hybridized carbons (Fsp3) is 0.385. The first-order chi connectivity index (χ1) is 8.34. The summed E-state index contributed by atoms with van der Waals surface area (Å²) in [5.74, 6) is -0.645. The second-order valence-corrected chi connectivity index (χ2v) is 5.72. The molecule has 0 amide bonds. The Morgan fingerprint density at radius 2 is 2.00 bits per heavy atom. The molecule has 0 atom stereocenters. The number of fused-ring (bicyclic) bond motifs is 1.